The molecule has 0 radical (unpaired) electrons. The third kappa shape index (κ3) is 10.2. The zero-order valence-corrected chi connectivity index (χ0v) is 19.1. The van der Waals surface area contributed by atoms with Gasteiger partial charge in [0.15, 0.2) is 23.3 Å². The quantitative estimate of drug-likeness (QED) is 0.0439. The maximum Gasteiger partial charge on any atom is 0.179 e. The van der Waals surface area contributed by atoms with E-state index in [2.05, 4.69) is 16.3 Å². The van der Waals surface area contributed by atoms with Gasteiger partial charge < -0.3 is 0 Å². The van der Waals surface area contributed by atoms with Crippen molar-refractivity contribution >= 4 is 23.8 Å². The fourth-order valence-electron chi connectivity index (χ4n) is 3.13. The van der Waals surface area contributed by atoms with Crippen molar-refractivity contribution in [2.24, 2.45) is 0 Å². The molecule has 0 saturated carbocycles. The van der Waals surface area contributed by atoms with Crippen LogP contribution in [0.25, 0.3) is 0 Å². The second-order valence-electron chi connectivity index (χ2n) is 7.23. The molecule has 0 saturated heterocycles. The molecule has 174 valence electrons. The zero-order valence-electron chi connectivity index (χ0n) is 17.5. The number of benzene rings is 1. The molecule has 3 nitrogen and oxygen atoms in total. The lowest BCUT2D eigenvalue weighted by Gasteiger charge is -2.10. The van der Waals surface area contributed by atoms with E-state index in [0.29, 0.717) is 12.2 Å². The molecule has 0 amide bonds. The lowest BCUT2D eigenvalue weighted by atomic mass is 10.1. The molecule has 0 atom stereocenters. The lowest BCUT2D eigenvalue weighted by Crippen LogP contribution is -2.02. The largest absolute Gasteiger partial charge is 0.220 e. The van der Waals surface area contributed by atoms with Crippen molar-refractivity contribution in [1.82, 2.24) is 0 Å². The summed E-state index contributed by atoms with van der Waals surface area (Å²) < 4.78 is 59.7. The van der Waals surface area contributed by atoms with Gasteiger partial charge in [-0.3, -0.25) is 0 Å². The first-order chi connectivity index (χ1) is 14.5. The van der Waals surface area contributed by atoms with Crippen LogP contribution in [0.1, 0.15) is 90.4 Å². The molecule has 0 unspecified atom stereocenters. The van der Waals surface area contributed by atoms with Crippen LogP contribution < -0.4 is 0 Å². The Balaban J connectivity index is 2.18. The molecule has 1 aromatic rings. The van der Waals surface area contributed by atoms with Crippen molar-refractivity contribution in [3.63, 3.8) is 0 Å². The Morgan fingerprint density at radius 2 is 1.03 bits per heavy atom. The van der Waals surface area contributed by atoms with Crippen LogP contribution in [0.15, 0.2) is 9.79 Å². The summed E-state index contributed by atoms with van der Waals surface area (Å²) in [6.07, 6.45) is 15.4. The highest BCUT2D eigenvalue weighted by atomic mass is 32.2. The highest BCUT2D eigenvalue weighted by molar-refractivity contribution is 7.99. The first-order valence-corrected chi connectivity index (χ1v) is 12.4. The highest BCUT2D eigenvalue weighted by Crippen LogP contribution is 2.36. The lowest BCUT2D eigenvalue weighted by molar-refractivity contribution is -0.432. The summed E-state index contributed by atoms with van der Waals surface area (Å²) in [7, 11) is 0. The van der Waals surface area contributed by atoms with Crippen LogP contribution in [0, 0.1) is 23.3 Å². The second-order valence-corrected chi connectivity index (χ2v) is 9.05. The van der Waals surface area contributed by atoms with Gasteiger partial charge in [-0.2, -0.15) is 0 Å². The Morgan fingerprint density at radius 3 is 1.47 bits per heavy atom. The summed E-state index contributed by atoms with van der Waals surface area (Å²) in [5.41, 5.74) is 0. The van der Waals surface area contributed by atoms with Gasteiger partial charge in [-0.15, -0.1) is 16.1 Å². The first kappa shape index (κ1) is 27.6. The van der Waals surface area contributed by atoms with E-state index in [1.807, 2.05) is 0 Å². The predicted molar refractivity (Wildman–Crippen MR) is 113 cm³/mol. The molecular formula is C21H32F4O3S2. The molecule has 0 aromatic heterocycles. The van der Waals surface area contributed by atoms with Gasteiger partial charge in [-0.05, 0) is 12.2 Å². The number of unbranched alkanes of at least 4 members (excludes halogenated alkanes) is 12. The van der Waals surface area contributed by atoms with Gasteiger partial charge in [-0.1, -0.05) is 89.0 Å². The molecule has 0 heterocycles. The molecule has 0 bridgehead atoms. The maximum atomic E-state index is 14.0. The van der Waals surface area contributed by atoms with Crippen LogP contribution in [0.4, 0.5) is 17.6 Å². The van der Waals surface area contributed by atoms with E-state index in [1.165, 1.54) is 57.8 Å². The Kier molecular flexibility index (Phi) is 15.7. The number of hydrogen-bond acceptors (Lipinski definition) is 5. The Labute approximate surface area is 185 Å². The first-order valence-electron chi connectivity index (χ1n) is 10.7. The van der Waals surface area contributed by atoms with E-state index < -0.39 is 33.1 Å². The van der Waals surface area contributed by atoms with Crippen LogP contribution >= 0.6 is 23.8 Å². The molecule has 9 heteroatoms. The summed E-state index contributed by atoms with van der Waals surface area (Å²) in [5, 5.41) is 11.2. The number of hydrogen-bond donors (Lipinski definition) is 1. The van der Waals surface area contributed by atoms with Gasteiger partial charge in [0.1, 0.15) is 4.90 Å². The van der Waals surface area contributed by atoms with Crippen LogP contribution in [-0.4, -0.2) is 11.0 Å². The fraction of sp³-hybridized carbons (Fsp3) is 0.714. The average Bonchev–Trinajstić information content (AvgIpc) is 2.74. The second kappa shape index (κ2) is 17.1. The third-order valence-corrected chi connectivity index (χ3v) is 6.62. The zero-order chi connectivity index (χ0) is 22.2. The van der Waals surface area contributed by atoms with Gasteiger partial charge in [0.05, 0.1) is 16.9 Å². The van der Waals surface area contributed by atoms with Gasteiger partial charge in [-0.25, -0.2) is 22.8 Å². The summed E-state index contributed by atoms with van der Waals surface area (Å²) in [5.74, 6) is -5.74. The summed E-state index contributed by atoms with van der Waals surface area (Å²) >= 11 is 0.604. The van der Waals surface area contributed by atoms with Gasteiger partial charge in [0, 0.05) is 0 Å². The predicted octanol–water partition coefficient (Wildman–Crippen LogP) is 8.85. The van der Waals surface area contributed by atoms with Crippen molar-refractivity contribution in [3.8, 4) is 0 Å². The topological polar surface area (TPSA) is 38.7 Å². The van der Waals surface area contributed by atoms with Gasteiger partial charge >= 0.3 is 0 Å². The molecule has 0 aliphatic rings. The van der Waals surface area contributed by atoms with Crippen molar-refractivity contribution < 1.29 is 32.2 Å². The summed E-state index contributed by atoms with van der Waals surface area (Å²) in [6, 6.07) is 0. The fourth-order valence-corrected chi connectivity index (χ4v) is 4.54. The standard InChI is InChI=1S/C21H32F4O3S2/c1-2-3-4-5-6-7-8-9-10-11-12-13-14-15-29-20-16(22)18(24)21(30-28-27-26)19(25)17(20)23/h26H,2-15H2,1H3. The molecule has 0 aliphatic carbocycles. The third-order valence-electron chi connectivity index (χ3n) is 4.82. The number of thioether (sulfide) groups is 1. The molecule has 30 heavy (non-hydrogen) atoms. The van der Waals surface area contributed by atoms with Crippen molar-refractivity contribution in [1.29, 1.82) is 0 Å². The molecule has 1 rings (SSSR count). The van der Waals surface area contributed by atoms with Crippen LogP contribution in [0.5, 0.6) is 0 Å². The summed E-state index contributed by atoms with van der Waals surface area (Å²) in [6.45, 7) is 2.22. The van der Waals surface area contributed by atoms with E-state index in [1.54, 1.807) is 0 Å². The molecule has 0 fully saturated rings. The molecule has 0 aliphatic heterocycles. The Morgan fingerprint density at radius 1 is 0.633 bits per heavy atom. The minimum Gasteiger partial charge on any atom is -0.220 e. The van der Waals surface area contributed by atoms with Crippen LogP contribution in [-0.2, 0) is 9.37 Å². The van der Waals surface area contributed by atoms with E-state index in [-0.39, 0.29) is 12.0 Å². The van der Waals surface area contributed by atoms with Crippen molar-refractivity contribution in [3.05, 3.63) is 23.3 Å². The number of halogens is 4. The van der Waals surface area contributed by atoms with Crippen LogP contribution in [0.2, 0.25) is 0 Å². The highest BCUT2D eigenvalue weighted by Gasteiger charge is 2.26. The molecule has 0 spiro atoms. The Hall–Kier alpha value is -0.480. The van der Waals surface area contributed by atoms with E-state index in [0.717, 1.165) is 31.0 Å². The number of rotatable bonds is 18. The SMILES string of the molecule is CCCCCCCCCCCCCCCSc1c(F)c(F)c(SOOO)c(F)c1F. The van der Waals surface area contributed by atoms with Gasteiger partial charge in [0.25, 0.3) is 0 Å². The van der Waals surface area contributed by atoms with E-state index >= 15 is 0 Å². The Bertz CT molecular complexity index is 577. The van der Waals surface area contributed by atoms with Crippen LogP contribution in [0.3, 0.4) is 0 Å². The average molecular weight is 473 g/mol. The van der Waals surface area contributed by atoms with E-state index in [4.69, 9.17) is 5.26 Å². The summed E-state index contributed by atoms with van der Waals surface area (Å²) in [4.78, 5) is -1.73. The smallest absolute Gasteiger partial charge is 0.179 e. The van der Waals surface area contributed by atoms with E-state index in [9.17, 15) is 17.6 Å². The monoisotopic (exact) mass is 472 g/mol. The molecule has 1 N–H and O–H groups in total. The normalized spacial score (nSPS) is 11.4. The van der Waals surface area contributed by atoms with Crippen molar-refractivity contribution in [2.75, 3.05) is 5.75 Å². The molecular weight excluding hydrogens is 440 g/mol. The maximum absolute atomic E-state index is 14.0. The minimum absolute atomic E-state index is 0.152. The van der Waals surface area contributed by atoms with Gasteiger partial charge in [0.2, 0.25) is 0 Å². The minimum atomic E-state index is -1.58. The molecule has 1 aromatic carbocycles. The van der Waals surface area contributed by atoms with Crippen molar-refractivity contribution in [2.45, 2.75) is 100 Å².